The van der Waals surface area contributed by atoms with Crippen LogP contribution < -0.4 is 5.73 Å². The molecule has 2 N–H and O–H groups in total. The maximum atomic E-state index is 13.0. The number of nitrogens with two attached hydrogens (primary N) is 1. The van der Waals surface area contributed by atoms with Gasteiger partial charge in [0.1, 0.15) is 5.82 Å². The van der Waals surface area contributed by atoms with E-state index in [1.165, 1.54) is 12.1 Å². The van der Waals surface area contributed by atoms with Gasteiger partial charge in [0.25, 0.3) is 0 Å². The molecule has 0 aliphatic rings. The van der Waals surface area contributed by atoms with Crippen LogP contribution in [-0.2, 0) is 0 Å². The van der Waals surface area contributed by atoms with Crippen LogP contribution in [-0.4, -0.2) is 10.1 Å². The van der Waals surface area contributed by atoms with Crippen molar-refractivity contribution >= 4 is 15.9 Å². The zero-order chi connectivity index (χ0) is 14.0. The monoisotopic (exact) mass is 327 g/mol. The van der Waals surface area contributed by atoms with Gasteiger partial charge in [0.05, 0.1) is 6.04 Å². The highest BCUT2D eigenvalue weighted by Crippen LogP contribution is 2.28. The van der Waals surface area contributed by atoms with E-state index in [2.05, 4.69) is 33.0 Å². The quantitative estimate of drug-likeness (QED) is 0.930. The normalized spacial score (nSPS) is 14.4. The van der Waals surface area contributed by atoms with E-state index in [-0.39, 0.29) is 17.8 Å². The van der Waals surface area contributed by atoms with Crippen molar-refractivity contribution in [2.45, 2.75) is 26.3 Å². The van der Waals surface area contributed by atoms with Gasteiger partial charge in [0.2, 0.25) is 11.7 Å². The molecule has 0 aliphatic heterocycles. The molecule has 0 fully saturated rings. The molecule has 1 aromatic heterocycles. The first-order chi connectivity index (χ1) is 9.02. The molecule has 0 bridgehead atoms. The Hall–Kier alpha value is -1.27. The Morgan fingerprint density at radius 1 is 1.47 bits per heavy atom. The summed E-state index contributed by atoms with van der Waals surface area (Å²) in [5.41, 5.74) is 6.71. The summed E-state index contributed by atoms with van der Waals surface area (Å²) in [4.78, 5) is 4.28. The average Bonchev–Trinajstić information content (AvgIpc) is 2.86. The Balaban J connectivity index is 2.30. The van der Waals surface area contributed by atoms with Crippen LogP contribution in [0.25, 0.3) is 11.4 Å². The number of hydrogen-bond donors (Lipinski definition) is 1. The third-order valence-electron chi connectivity index (χ3n) is 3.16. The highest BCUT2D eigenvalue weighted by atomic mass is 79.9. The number of benzene rings is 1. The fourth-order valence-corrected chi connectivity index (χ4v) is 2.18. The van der Waals surface area contributed by atoms with Crippen LogP contribution in [0.3, 0.4) is 0 Å². The van der Waals surface area contributed by atoms with Gasteiger partial charge in [0, 0.05) is 10.0 Å². The zero-order valence-corrected chi connectivity index (χ0v) is 12.3. The molecule has 0 radical (unpaired) electrons. The predicted octanol–water partition coefficient (Wildman–Crippen LogP) is 3.68. The molecule has 2 rings (SSSR count). The molecule has 0 saturated heterocycles. The SMILES string of the molecule is CC[C@H](C)[C@H](N)c1nc(-c2ccc(F)cc2Br)no1. The zero-order valence-electron chi connectivity index (χ0n) is 10.7. The summed E-state index contributed by atoms with van der Waals surface area (Å²) in [7, 11) is 0. The standard InChI is InChI=1S/C13H15BrFN3O/c1-3-7(2)11(16)13-17-12(18-19-13)9-5-4-8(15)6-10(9)14/h4-7,11H,3,16H2,1-2H3/t7-,11-/m0/s1. The minimum absolute atomic E-state index is 0.255. The molecule has 0 aliphatic carbocycles. The topological polar surface area (TPSA) is 64.9 Å². The van der Waals surface area contributed by atoms with Crippen LogP contribution in [0, 0.1) is 11.7 Å². The number of aromatic nitrogens is 2. The molecule has 0 amide bonds. The maximum Gasteiger partial charge on any atom is 0.244 e. The predicted molar refractivity (Wildman–Crippen MR) is 73.8 cm³/mol. The lowest BCUT2D eigenvalue weighted by Gasteiger charge is -2.12. The second-order valence-electron chi connectivity index (χ2n) is 4.49. The van der Waals surface area contributed by atoms with Gasteiger partial charge in [-0.15, -0.1) is 0 Å². The molecule has 4 nitrogen and oxygen atoms in total. The van der Waals surface area contributed by atoms with Gasteiger partial charge in [-0.05, 0) is 40.0 Å². The fraction of sp³-hybridized carbons (Fsp3) is 0.385. The largest absolute Gasteiger partial charge is 0.337 e. The summed E-state index contributed by atoms with van der Waals surface area (Å²) in [5.74, 6) is 0.738. The molecule has 102 valence electrons. The Morgan fingerprint density at radius 2 is 2.21 bits per heavy atom. The third kappa shape index (κ3) is 3.01. The third-order valence-corrected chi connectivity index (χ3v) is 3.81. The fourth-order valence-electron chi connectivity index (χ4n) is 1.65. The van der Waals surface area contributed by atoms with E-state index in [1.807, 2.05) is 6.92 Å². The molecule has 0 spiro atoms. The molecule has 2 aromatic rings. The molecule has 0 saturated carbocycles. The number of hydrogen-bond acceptors (Lipinski definition) is 4. The van der Waals surface area contributed by atoms with Crippen LogP contribution in [0.1, 0.15) is 32.2 Å². The lowest BCUT2D eigenvalue weighted by Crippen LogP contribution is -2.18. The van der Waals surface area contributed by atoms with Crippen molar-refractivity contribution in [3.05, 3.63) is 34.4 Å². The second kappa shape index (κ2) is 5.79. The van der Waals surface area contributed by atoms with Crippen molar-refractivity contribution in [1.29, 1.82) is 0 Å². The van der Waals surface area contributed by atoms with Crippen LogP contribution in [0.4, 0.5) is 4.39 Å². The van der Waals surface area contributed by atoms with Gasteiger partial charge in [-0.1, -0.05) is 25.4 Å². The van der Waals surface area contributed by atoms with Crippen LogP contribution in [0.5, 0.6) is 0 Å². The average molecular weight is 328 g/mol. The van der Waals surface area contributed by atoms with E-state index < -0.39 is 0 Å². The van der Waals surface area contributed by atoms with Crippen molar-refractivity contribution in [2.75, 3.05) is 0 Å². The van der Waals surface area contributed by atoms with Gasteiger partial charge < -0.3 is 10.3 Å². The molecule has 1 aromatic carbocycles. The van der Waals surface area contributed by atoms with E-state index in [1.54, 1.807) is 6.07 Å². The highest BCUT2D eigenvalue weighted by molar-refractivity contribution is 9.10. The molecule has 2 atom stereocenters. The van der Waals surface area contributed by atoms with Crippen molar-refractivity contribution in [3.63, 3.8) is 0 Å². The lowest BCUT2D eigenvalue weighted by atomic mass is 10.0. The van der Waals surface area contributed by atoms with Gasteiger partial charge in [-0.3, -0.25) is 0 Å². The first-order valence-electron chi connectivity index (χ1n) is 6.07. The minimum atomic E-state index is -0.323. The smallest absolute Gasteiger partial charge is 0.244 e. The summed E-state index contributed by atoms with van der Waals surface area (Å²) in [6, 6.07) is 4.03. The van der Waals surface area contributed by atoms with Crippen molar-refractivity contribution in [1.82, 2.24) is 10.1 Å². The molecule has 19 heavy (non-hydrogen) atoms. The van der Waals surface area contributed by atoms with E-state index in [9.17, 15) is 4.39 Å². The van der Waals surface area contributed by atoms with Crippen LogP contribution in [0.15, 0.2) is 27.2 Å². The molecular weight excluding hydrogens is 313 g/mol. The summed E-state index contributed by atoms with van der Waals surface area (Å²) in [5, 5.41) is 3.90. The number of halogens is 2. The highest BCUT2D eigenvalue weighted by Gasteiger charge is 2.21. The Morgan fingerprint density at radius 3 is 2.84 bits per heavy atom. The maximum absolute atomic E-state index is 13.0. The van der Waals surface area contributed by atoms with Gasteiger partial charge in [0.15, 0.2) is 0 Å². The Kier molecular flexibility index (Phi) is 4.31. The molecule has 1 heterocycles. The van der Waals surface area contributed by atoms with Crippen molar-refractivity contribution < 1.29 is 8.91 Å². The van der Waals surface area contributed by atoms with Gasteiger partial charge in [-0.25, -0.2) is 4.39 Å². The van der Waals surface area contributed by atoms with Crippen molar-refractivity contribution in [2.24, 2.45) is 11.7 Å². The summed E-state index contributed by atoms with van der Waals surface area (Å²) >= 11 is 3.28. The summed E-state index contributed by atoms with van der Waals surface area (Å²) in [6.45, 7) is 4.08. The van der Waals surface area contributed by atoms with E-state index in [0.717, 1.165) is 6.42 Å². The van der Waals surface area contributed by atoms with Gasteiger partial charge >= 0.3 is 0 Å². The number of rotatable bonds is 4. The molecular formula is C13H15BrFN3O. The first-order valence-corrected chi connectivity index (χ1v) is 6.86. The van der Waals surface area contributed by atoms with E-state index >= 15 is 0 Å². The summed E-state index contributed by atoms with van der Waals surface area (Å²) < 4.78 is 18.8. The first kappa shape index (κ1) is 14.1. The van der Waals surface area contributed by atoms with E-state index in [0.29, 0.717) is 21.8 Å². The molecule has 6 heteroatoms. The summed E-state index contributed by atoms with van der Waals surface area (Å²) in [6.07, 6.45) is 0.930. The molecule has 0 unspecified atom stereocenters. The van der Waals surface area contributed by atoms with Gasteiger partial charge in [-0.2, -0.15) is 4.98 Å². The Labute approximate surface area is 119 Å². The second-order valence-corrected chi connectivity index (χ2v) is 5.35. The van der Waals surface area contributed by atoms with Crippen LogP contribution in [0.2, 0.25) is 0 Å². The van der Waals surface area contributed by atoms with Crippen LogP contribution >= 0.6 is 15.9 Å². The van der Waals surface area contributed by atoms with Crippen molar-refractivity contribution in [3.8, 4) is 11.4 Å². The Bertz CT molecular complexity index is 573. The lowest BCUT2D eigenvalue weighted by molar-refractivity contribution is 0.312. The van der Waals surface area contributed by atoms with E-state index in [4.69, 9.17) is 10.3 Å². The number of nitrogens with zero attached hydrogens (tertiary/aromatic N) is 2. The minimum Gasteiger partial charge on any atom is -0.337 e.